The lowest BCUT2D eigenvalue weighted by atomic mass is 10.2. The Kier molecular flexibility index (Phi) is 4.19. The number of carbonyl (C=O) groups excluding carboxylic acids is 1. The molecule has 0 aliphatic carbocycles. The highest BCUT2D eigenvalue weighted by atomic mass is 32.1. The van der Waals surface area contributed by atoms with Crippen LogP contribution in [0, 0.1) is 24.4 Å². The van der Waals surface area contributed by atoms with Gasteiger partial charge in [-0.3, -0.25) is 4.79 Å². The van der Waals surface area contributed by atoms with Gasteiger partial charge in [0.05, 0.1) is 21.9 Å². The normalized spacial score (nSPS) is 11.1. The highest BCUT2D eigenvalue weighted by molar-refractivity contribution is 7.20. The van der Waals surface area contributed by atoms with Crippen molar-refractivity contribution in [3.8, 4) is 5.69 Å². The summed E-state index contributed by atoms with van der Waals surface area (Å²) in [6, 6.07) is 10.3. The topological polar surface area (TPSA) is 46.9 Å². The molecule has 0 radical (unpaired) electrons. The van der Waals surface area contributed by atoms with Crippen LogP contribution < -0.4 is 5.32 Å². The number of aryl methyl sites for hydroxylation is 1. The molecule has 136 valence electrons. The van der Waals surface area contributed by atoms with Crippen molar-refractivity contribution in [2.45, 2.75) is 6.92 Å². The predicted octanol–water partition coefficient (Wildman–Crippen LogP) is 5.07. The van der Waals surface area contributed by atoms with E-state index >= 15 is 0 Å². The molecule has 0 unspecified atom stereocenters. The van der Waals surface area contributed by atoms with Gasteiger partial charge >= 0.3 is 0 Å². The molecule has 2 heterocycles. The number of rotatable bonds is 3. The summed E-state index contributed by atoms with van der Waals surface area (Å²) in [6.07, 6.45) is 0. The predicted molar refractivity (Wildman–Crippen MR) is 98.0 cm³/mol. The molecular weight excluding hydrogens is 375 g/mol. The monoisotopic (exact) mass is 387 g/mol. The number of anilines is 1. The Morgan fingerprint density at radius 3 is 2.48 bits per heavy atom. The standard InChI is InChI=1S/C19H12F3N3OS/c1-10-14-9-17(18(26)23-16-8-12(21)4-7-15(16)22)27-19(14)25(24-10)13-5-2-11(20)3-6-13/h2-9H,1H3,(H,23,26). The van der Waals surface area contributed by atoms with Gasteiger partial charge in [0.15, 0.2) is 0 Å². The molecular formula is C19H12F3N3OS. The van der Waals surface area contributed by atoms with Crippen LogP contribution in [0.3, 0.4) is 0 Å². The van der Waals surface area contributed by atoms with Gasteiger partial charge in [-0.25, -0.2) is 17.9 Å². The van der Waals surface area contributed by atoms with Gasteiger partial charge < -0.3 is 5.32 Å². The highest BCUT2D eigenvalue weighted by Gasteiger charge is 2.18. The van der Waals surface area contributed by atoms with Gasteiger partial charge in [0.25, 0.3) is 5.91 Å². The average molecular weight is 387 g/mol. The van der Waals surface area contributed by atoms with Gasteiger partial charge in [-0.05, 0) is 49.4 Å². The number of thiophene rings is 1. The van der Waals surface area contributed by atoms with Gasteiger partial charge in [0, 0.05) is 11.5 Å². The number of fused-ring (bicyclic) bond motifs is 1. The third-order valence-corrected chi connectivity index (χ3v) is 5.13. The van der Waals surface area contributed by atoms with Crippen molar-refractivity contribution < 1.29 is 18.0 Å². The number of amides is 1. The van der Waals surface area contributed by atoms with Crippen molar-refractivity contribution in [1.29, 1.82) is 0 Å². The van der Waals surface area contributed by atoms with Gasteiger partial charge in [-0.2, -0.15) is 5.10 Å². The molecule has 1 N–H and O–H groups in total. The van der Waals surface area contributed by atoms with E-state index in [1.165, 1.54) is 12.1 Å². The number of nitrogens with one attached hydrogen (secondary N) is 1. The summed E-state index contributed by atoms with van der Waals surface area (Å²) < 4.78 is 41.8. The Morgan fingerprint density at radius 2 is 1.74 bits per heavy atom. The molecule has 0 saturated carbocycles. The Morgan fingerprint density at radius 1 is 1.04 bits per heavy atom. The Bertz CT molecular complexity index is 1170. The average Bonchev–Trinajstić information content (AvgIpc) is 3.20. The van der Waals surface area contributed by atoms with E-state index < -0.39 is 17.5 Å². The van der Waals surface area contributed by atoms with Crippen LogP contribution in [0.25, 0.3) is 15.9 Å². The quantitative estimate of drug-likeness (QED) is 0.534. The fraction of sp³-hybridized carbons (Fsp3) is 0.0526. The maximum absolute atomic E-state index is 13.7. The number of carbonyl (C=O) groups is 1. The van der Waals surface area contributed by atoms with E-state index in [-0.39, 0.29) is 11.5 Å². The first-order chi connectivity index (χ1) is 12.9. The number of halogens is 3. The van der Waals surface area contributed by atoms with E-state index in [9.17, 15) is 18.0 Å². The minimum atomic E-state index is -0.723. The van der Waals surface area contributed by atoms with Crippen LogP contribution in [0.15, 0.2) is 48.5 Å². The van der Waals surface area contributed by atoms with Crippen molar-refractivity contribution in [2.24, 2.45) is 0 Å². The van der Waals surface area contributed by atoms with Crippen LogP contribution in [-0.2, 0) is 0 Å². The summed E-state index contributed by atoms with van der Waals surface area (Å²) in [4.78, 5) is 13.5. The number of benzene rings is 2. The van der Waals surface area contributed by atoms with E-state index in [0.717, 1.165) is 34.9 Å². The lowest BCUT2D eigenvalue weighted by Gasteiger charge is -2.05. The molecule has 4 nitrogen and oxygen atoms in total. The smallest absolute Gasteiger partial charge is 0.265 e. The van der Waals surface area contributed by atoms with Crippen molar-refractivity contribution in [3.63, 3.8) is 0 Å². The fourth-order valence-corrected chi connectivity index (χ4v) is 3.77. The first-order valence-corrected chi connectivity index (χ1v) is 8.75. The third kappa shape index (κ3) is 3.19. The molecule has 1 amide bonds. The molecule has 0 spiro atoms. The summed E-state index contributed by atoms with van der Waals surface area (Å²) in [6.45, 7) is 1.79. The summed E-state index contributed by atoms with van der Waals surface area (Å²) in [5.74, 6) is -2.28. The lowest BCUT2D eigenvalue weighted by molar-refractivity contribution is 0.103. The van der Waals surface area contributed by atoms with Crippen molar-refractivity contribution in [3.05, 3.63) is 76.6 Å². The van der Waals surface area contributed by atoms with Crippen LogP contribution in [0.4, 0.5) is 18.9 Å². The van der Waals surface area contributed by atoms with Crippen LogP contribution in [0.5, 0.6) is 0 Å². The molecule has 0 bridgehead atoms. The maximum Gasteiger partial charge on any atom is 0.265 e. The van der Waals surface area contributed by atoms with Gasteiger partial charge in [-0.1, -0.05) is 0 Å². The SMILES string of the molecule is Cc1nn(-c2ccc(F)cc2)c2sc(C(=O)Nc3cc(F)ccc3F)cc12. The molecule has 0 saturated heterocycles. The summed E-state index contributed by atoms with van der Waals surface area (Å²) in [5.41, 5.74) is 1.12. The fourth-order valence-electron chi connectivity index (χ4n) is 2.69. The second kappa shape index (κ2) is 6.55. The van der Waals surface area contributed by atoms with Crippen LogP contribution >= 0.6 is 11.3 Å². The van der Waals surface area contributed by atoms with Gasteiger partial charge in [-0.15, -0.1) is 11.3 Å². The molecule has 0 atom stereocenters. The van der Waals surface area contributed by atoms with Crippen LogP contribution in [-0.4, -0.2) is 15.7 Å². The number of aromatic nitrogens is 2. The summed E-state index contributed by atoms with van der Waals surface area (Å²) in [5, 5.41) is 7.56. The zero-order valence-corrected chi connectivity index (χ0v) is 14.8. The van der Waals surface area contributed by atoms with E-state index in [0.29, 0.717) is 21.1 Å². The minimum absolute atomic E-state index is 0.227. The minimum Gasteiger partial charge on any atom is -0.319 e. The van der Waals surface area contributed by atoms with Gasteiger partial charge in [0.2, 0.25) is 0 Å². The second-order valence-electron chi connectivity index (χ2n) is 5.88. The molecule has 2 aromatic carbocycles. The molecule has 4 rings (SSSR count). The van der Waals surface area contributed by atoms with E-state index in [1.807, 2.05) is 0 Å². The molecule has 8 heteroatoms. The zero-order chi connectivity index (χ0) is 19.1. The number of hydrogen-bond acceptors (Lipinski definition) is 3. The molecule has 27 heavy (non-hydrogen) atoms. The summed E-state index contributed by atoms with van der Waals surface area (Å²) >= 11 is 1.16. The molecule has 2 aromatic heterocycles. The van der Waals surface area contributed by atoms with Crippen molar-refractivity contribution in [2.75, 3.05) is 5.32 Å². The second-order valence-corrected chi connectivity index (χ2v) is 6.91. The van der Waals surface area contributed by atoms with Crippen LogP contribution in [0.1, 0.15) is 15.4 Å². The van der Waals surface area contributed by atoms with E-state index in [4.69, 9.17) is 0 Å². The number of hydrogen-bond donors (Lipinski definition) is 1. The van der Waals surface area contributed by atoms with Gasteiger partial charge in [0.1, 0.15) is 22.3 Å². The molecule has 0 aliphatic rings. The van der Waals surface area contributed by atoms with Crippen molar-refractivity contribution >= 4 is 33.1 Å². The van der Waals surface area contributed by atoms with Crippen LogP contribution in [0.2, 0.25) is 0 Å². The first-order valence-electron chi connectivity index (χ1n) is 7.94. The lowest BCUT2D eigenvalue weighted by Crippen LogP contribution is -2.11. The third-order valence-electron chi connectivity index (χ3n) is 4.02. The Labute approximate surface area is 155 Å². The molecule has 4 aromatic rings. The zero-order valence-electron chi connectivity index (χ0n) is 14.0. The first kappa shape index (κ1) is 17.3. The Balaban J connectivity index is 1.71. The van der Waals surface area contributed by atoms with E-state index in [1.54, 1.807) is 29.8 Å². The maximum atomic E-state index is 13.7. The molecule has 0 fully saturated rings. The largest absolute Gasteiger partial charge is 0.319 e. The number of nitrogens with zero attached hydrogens (tertiary/aromatic N) is 2. The Hall–Kier alpha value is -3.13. The highest BCUT2D eigenvalue weighted by Crippen LogP contribution is 2.31. The van der Waals surface area contributed by atoms with Crippen molar-refractivity contribution in [1.82, 2.24) is 9.78 Å². The molecule has 0 aliphatic heterocycles. The van der Waals surface area contributed by atoms with E-state index in [2.05, 4.69) is 10.4 Å². The summed E-state index contributed by atoms with van der Waals surface area (Å²) in [7, 11) is 0.